The molecular weight excluding hydrogens is 314 g/mol. The van der Waals surface area contributed by atoms with Gasteiger partial charge in [0.15, 0.2) is 5.78 Å². The molecule has 0 N–H and O–H groups in total. The average Bonchev–Trinajstić information content (AvgIpc) is 2.97. The van der Waals surface area contributed by atoms with E-state index in [1.807, 2.05) is 48.5 Å². The molecule has 1 aliphatic carbocycles. The first-order chi connectivity index (χ1) is 12.1. The number of carbonyl (C=O) groups is 3. The van der Waals surface area contributed by atoms with Crippen LogP contribution in [0.15, 0.2) is 54.6 Å². The number of hydrogen-bond acceptors (Lipinski definition) is 3. The normalized spacial score (nSPS) is 23.0. The van der Waals surface area contributed by atoms with E-state index in [2.05, 4.69) is 0 Å². The van der Waals surface area contributed by atoms with E-state index in [9.17, 15) is 14.4 Å². The fourth-order valence-electron chi connectivity index (χ4n) is 3.89. The van der Waals surface area contributed by atoms with Gasteiger partial charge < -0.3 is 4.90 Å². The third-order valence-electron chi connectivity index (χ3n) is 5.23. The Kier molecular flexibility index (Phi) is 3.96. The first-order valence-corrected chi connectivity index (χ1v) is 8.64. The monoisotopic (exact) mass is 333 g/mol. The first-order valence-electron chi connectivity index (χ1n) is 8.64. The fourth-order valence-corrected chi connectivity index (χ4v) is 3.89. The molecule has 4 nitrogen and oxygen atoms in total. The molecule has 25 heavy (non-hydrogen) atoms. The molecule has 1 aliphatic heterocycles. The van der Waals surface area contributed by atoms with Gasteiger partial charge in [0.05, 0.1) is 12.0 Å². The molecule has 0 aromatic heterocycles. The minimum atomic E-state index is -0.641. The van der Waals surface area contributed by atoms with E-state index in [0.29, 0.717) is 31.4 Å². The van der Waals surface area contributed by atoms with Crippen LogP contribution < -0.4 is 0 Å². The van der Waals surface area contributed by atoms with Crippen LogP contribution in [0.4, 0.5) is 0 Å². The van der Waals surface area contributed by atoms with Crippen molar-refractivity contribution in [2.75, 3.05) is 0 Å². The lowest BCUT2D eigenvalue weighted by Gasteiger charge is -2.33. The lowest BCUT2D eigenvalue weighted by atomic mass is 9.79. The van der Waals surface area contributed by atoms with Gasteiger partial charge in [-0.1, -0.05) is 48.5 Å². The molecule has 2 atom stereocenters. The van der Waals surface area contributed by atoms with Gasteiger partial charge in [0.1, 0.15) is 5.78 Å². The maximum atomic E-state index is 13.0. The summed E-state index contributed by atoms with van der Waals surface area (Å²) in [5.74, 6) is -0.852. The van der Waals surface area contributed by atoms with Crippen LogP contribution in [-0.2, 0) is 22.6 Å². The van der Waals surface area contributed by atoms with Crippen LogP contribution in [0, 0.1) is 5.92 Å². The molecule has 1 fully saturated rings. The molecule has 0 spiro atoms. The van der Waals surface area contributed by atoms with Crippen LogP contribution in [0.1, 0.15) is 34.3 Å². The molecule has 2 aromatic carbocycles. The largest absolute Gasteiger partial charge is 0.324 e. The SMILES string of the molecule is O=C1CCC(N2Cc3ccccc3C2=O)C(=O)C1Cc1ccccc1. The Morgan fingerprint density at radius 2 is 1.64 bits per heavy atom. The van der Waals surface area contributed by atoms with Crippen molar-refractivity contribution in [3.63, 3.8) is 0 Å². The molecule has 2 aliphatic rings. The zero-order valence-corrected chi connectivity index (χ0v) is 13.9. The molecular formula is C21H19NO3. The number of amides is 1. The Labute approximate surface area is 146 Å². The van der Waals surface area contributed by atoms with Crippen LogP contribution in [0.25, 0.3) is 0 Å². The Balaban J connectivity index is 1.57. The highest BCUT2D eigenvalue weighted by atomic mass is 16.2. The molecule has 0 radical (unpaired) electrons. The van der Waals surface area contributed by atoms with E-state index in [1.54, 1.807) is 11.0 Å². The summed E-state index contributed by atoms with van der Waals surface area (Å²) in [5, 5.41) is 0. The number of Topliss-reactive ketones (excluding diaryl/α,β-unsaturated/α-hetero) is 2. The van der Waals surface area contributed by atoms with E-state index < -0.39 is 12.0 Å². The quantitative estimate of drug-likeness (QED) is 0.812. The molecule has 1 amide bonds. The van der Waals surface area contributed by atoms with Crippen LogP contribution >= 0.6 is 0 Å². The lowest BCUT2D eigenvalue weighted by Crippen LogP contribution is -2.49. The number of ketones is 2. The second-order valence-electron chi connectivity index (χ2n) is 6.76. The molecule has 0 saturated heterocycles. The molecule has 2 aromatic rings. The van der Waals surface area contributed by atoms with E-state index in [-0.39, 0.29) is 17.5 Å². The summed E-state index contributed by atoms with van der Waals surface area (Å²) in [4.78, 5) is 39.7. The highest BCUT2D eigenvalue weighted by molar-refractivity contribution is 6.09. The van der Waals surface area contributed by atoms with Gasteiger partial charge in [-0.05, 0) is 30.0 Å². The minimum Gasteiger partial charge on any atom is -0.324 e. The number of rotatable bonds is 3. The number of carbonyl (C=O) groups excluding carboxylic acids is 3. The smallest absolute Gasteiger partial charge is 0.255 e. The van der Waals surface area contributed by atoms with E-state index in [4.69, 9.17) is 0 Å². The van der Waals surface area contributed by atoms with Crippen molar-refractivity contribution in [1.29, 1.82) is 0 Å². The van der Waals surface area contributed by atoms with Gasteiger partial charge in [0.25, 0.3) is 5.91 Å². The number of benzene rings is 2. The Hall–Kier alpha value is -2.75. The maximum absolute atomic E-state index is 13.0. The van der Waals surface area contributed by atoms with E-state index in [0.717, 1.165) is 11.1 Å². The summed E-state index contributed by atoms with van der Waals surface area (Å²) in [6.07, 6.45) is 1.21. The van der Waals surface area contributed by atoms with Gasteiger partial charge >= 0.3 is 0 Å². The summed E-state index contributed by atoms with van der Waals surface area (Å²) < 4.78 is 0. The van der Waals surface area contributed by atoms with E-state index >= 15 is 0 Å². The fraction of sp³-hybridized carbons (Fsp3) is 0.286. The number of hydrogen-bond donors (Lipinski definition) is 0. The number of fused-ring (bicyclic) bond motifs is 1. The Morgan fingerprint density at radius 1 is 0.920 bits per heavy atom. The van der Waals surface area contributed by atoms with Gasteiger partial charge in [-0.25, -0.2) is 0 Å². The molecule has 126 valence electrons. The van der Waals surface area contributed by atoms with Crippen molar-refractivity contribution in [1.82, 2.24) is 4.90 Å². The zero-order valence-electron chi connectivity index (χ0n) is 13.9. The molecule has 4 rings (SSSR count). The average molecular weight is 333 g/mol. The van der Waals surface area contributed by atoms with Gasteiger partial charge in [-0.15, -0.1) is 0 Å². The second-order valence-corrected chi connectivity index (χ2v) is 6.76. The highest BCUT2D eigenvalue weighted by Gasteiger charge is 2.43. The summed E-state index contributed by atoms with van der Waals surface area (Å²) >= 11 is 0. The zero-order chi connectivity index (χ0) is 17.4. The molecule has 1 saturated carbocycles. The van der Waals surface area contributed by atoms with Gasteiger partial charge in [0.2, 0.25) is 0 Å². The van der Waals surface area contributed by atoms with Crippen molar-refractivity contribution in [2.24, 2.45) is 5.92 Å². The van der Waals surface area contributed by atoms with Crippen molar-refractivity contribution in [3.05, 3.63) is 71.3 Å². The van der Waals surface area contributed by atoms with Crippen LogP contribution in [0.3, 0.4) is 0 Å². The molecule has 4 heteroatoms. The van der Waals surface area contributed by atoms with Crippen molar-refractivity contribution in [3.8, 4) is 0 Å². The van der Waals surface area contributed by atoms with Crippen LogP contribution in [-0.4, -0.2) is 28.4 Å². The van der Waals surface area contributed by atoms with Gasteiger partial charge in [-0.2, -0.15) is 0 Å². The maximum Gasteiger partial charge on any atom is 0.255 e. The Bertz CT molecular complexity index is 843. The van der Waals surface area contributed by atoms with Crippen molar-refractivity contribution < 1.29 is 14.4 Å². The van der Waals surface area contributed by atoms with Crippen LogP contribution in [0.5, 0.6) is 0 Å². The third kappa shape index (κ3) is 2.78. The molecule has 2 unspecified atom stereocenters. The number of nitrogens with zero attached hydrogens (tertiary/aromatic N) is 1. The van der Waals surface area contributed by atoms with E-state index in [1.165, 1.54) is 0 Å². The summed E-state index contributed by atoms with van der Waals surface area (Å²) in [6.45, 7) is 0.456. The third-order valence-corrected chi connectivity index (χ3v) is 5.23. The predicted octanol–water partition coefficient (Wildman–Crippen LogP) is 2.80. The topological polar surface area (TPSA) is 54.5 Å². The summed E-state index contributed by atoms with van der Waals surface area (Å²) in [6, 6.07) is 16.6. The molecule has 0 bridgehead atoms. The summed E-state index contributed by atoms with van der Waals surface area (Å²) in [5.41, 5.74) is 2.61. The minimum absolute atomic E-state index is 0.00531. The Morgan fingerprint density at radius 3 is 2.40 bits per heavy atom. The second kappa shape index (κ2) is 6.28. The molecule has 1 heterocycles. The van der Waals surface area contributed by atoms with Crippen molar-refractivity contribution in [2.45, 2.75) is 31.8 Å². The lowest BCUT2D eigenvalue weighted by molar-refractivity contribution is -0.139. The van der Waals surface area contributed by atoms with Crippen LogP contribution in [0.2, 0.25) is 0 Å². The summed E-state index contributed by atoms with van der Waals surface area (Å²) in [7, 11) is 0. The van der Waals surface area contributed by atoms with Gasteiger partial charge in [-0.3, -0.25) is 14.4 Å². The predicted molar refractivity (Wildman–Crippen MR) is 93.0 cm³/mol. The highest BCUT2D eigenvalue weighted by Crippen LogP contribution is 2.31. The first kappa shape index (κ1) is 15.8. The van der Waals surface area contributed by atoms with Crippen molar-refractivity contribution >= 4 is 17.5 Å². The standard InChI is InChI=1S/C21H19NO3/c23-19-11-10-18(20(24)17(19)12-14-6-2-1-3-7-14)22-13-15-8-4-5-9-16(15)21(22)25/h1-9,17-18H,10-13H2. The van der Waals surface area contributed by atoms with Gasteiger partial charge in [0, 0.05) is 18.5 Å².